The SMILES string of the molecule is CC1=CC=C[C+](C)C1=C(c1ccccc1)c1ccccc1. The molecule has 102 valence electrons. The molecule has 0 N–H and O–H groups in total. The smallest absolute Gasteiger partial charge is 0.0622 e. The molecule has 0 saturated heterocycles. The molecule has 0 bridgehead atoms. The molecule has 2 aromatic rings. The minimum Gasteiger partial charge on any atom is -0.0622 e. The summed E-state index contributed by atoms with van der Waals surface area (Å²) in [6, 6.07) is 21.3. The van der Waals surface area contributed by atoms with Gasteiger partial charge in [0.25, 0.3) is 0 Å². The van der Waals surface area contributed by atoms with Crippen LogP contribution in [-0.2, 0) is 0 Å². The predicted molar refractivity (Wildman–Crippen MR) is 90.7 cm³/mol. The highest BCUT2D eigenvalue weighted by atomic mass is 14.2. The number of hydrogen-bond acceptors (Lipinski definition) is 0. The maximum atomic E-state index is 2.19. The molecule has 0 aliphatic heterocycles. The third kappa shape index (κ3) is 2.71. The molecule has 0 atom stereocenters. The van der Waals surface area contributed by atoms with Crippen LogP contribution in [0.3, 0.4) is 0 Å². The van der Waals surface area contributed by atoms with Crippen molar-refractivity contribution < 1.29 is 0 Å². The van der Waals surface area contributed by atoms with Crippen LogP contribution in [-0.4, -0.2) is 0 Å². The molecular weight excluding hydrogens is 252 g/mol. The van der Waals surface area contributed by atoms with Crippen LogP contribution in [0.2, 0.25) is 0 Å². The monoisotopic (exact) mass is 271 g/mol. The number of benzene rings is 2. The molecule has 0 unspecified atom stereocenters. The molecule has 0 aromatic heterocycles. The van der Waals surface area contributed by atoms with E-state index in [9.17, 15) is 0 Å². The number of rotatable bonds is 2. The second-order valence-electron chi connectivity index (χ2n) is 5.37. The summed E-state index contributed by atoms with van der Waals surface area (Å²) in [6.07, 6.45) is 6.50. The van der Waals surface area contributed by atoms with Crippen LogP contribution in [0.1, 0.15) is 25.0 Å². The third-order valence-electron chi connectivity index (χ3n) is 3.86. The van der Waals surface area contributed by atoms with E-state index in [1.807, 2.05) is 0 Å². The van der Waals surface area contributed by atoms with Crippen molar-refractivity contribution in [3.8, 4) is 0 Å². The summed E-state index contributed by atoms with van der Waals surface area (Å²) in [5, 5.41) is 0. The Bertz CT molecular complexity index is 659. The van der Waals surface area contributed by atoms with Crippen molar-refractivity contribution in [2.75, 3.05) is 0 Å². The molecule has 0 radical (unpaired) electrons. The van der Waals surface area contributed by atoms with Crippen molar-refractivity contribution in [1.29, 1.82) is 0 Å². The van der Waals surface area contributed by atoms with Crippen LogP contribution in [0.4, 0.5) is 0 Å². The first-order chi connectivity index (χ1) is 10.3. The van der Waals surface area contributed by atoms with Crippen LogP contribution in [0.5, 0.6) is 0 Å². The Morgan fingerprint density at radius 3 is 1.81 bits per heavy atom. The normalized spacial score (nSPS) is 14.1. The van der Waals surface area contributed by atoms with Crippen LogP contribution in [0.15, 0.2) is 90.0 Å². The van der Waals surface area contributed by atoms with Gasteiger partial charge in [0.05, 0.1) is 5.57 Å². The summed E-state index contributed by atoms with van der Waals surface area (Å²) in [4.78, 5) is 0. The van der Waals surface area contributed by atoms with Crippen molar-refractivity contribution in [3.05, 3.63) is 107 Å². The Morgan fingerprint density at radius 2 is 1.33 bits per heavy atom. The standard InChI is InChI=1S/C21H19/c1-16-10-9-11-17(2)20(16)21(18-12-5-3-6-13-18)19-14-7-4-8-15-19/h3-15H,1-2H3/q+1. The van der Waals surface area contributed by atoms with E-state index in [0.717, 1.165) is 0 Å². The van der Waals surface area contributed by atoms with Gasteiger partial charge in [-0.3, -0.25) is 0 Å². The lowest BCUT2D eigenvalue weighted by molar-refractivity contribution is 1.18. The van der Waals surface area contributed by atoms with Crippen molar-refractivity contribution >= 4 is 5.57 Å². The molecule has 0 heteroatoms. The van der Waals surface area contributed by atoms with E-state index >= 15 is 0 Å². The van der Waals surface area contributed by atoms with Crippen molar-refractivity contribution in [2.45, 2.75) is 13.8 Å². The Kier molecular flexibility index (Phi) is 3.79. The maximum absolute atomic E-state index is 2.19. The molecule has 0 fully saturated rings. The summed E-state index contributed by atoms with van der Waals surface area (Å²) >= 11 is 0. The van der Waals surface area contributed by atoms with E-state index in [4.69, 9.17) is 0 Å². The lowest BCUT2D eigenvalue weighted by atomic mass is 9.81. The first kappa shape index (κ1) is 13.5. The molecular formula is C21H19+. The third-order valence-corrected chi connectivity index (χ3v) is 3.86. The highest BCUT2D eigenvalue weighted by molar-refractivity contribution is 5.87. The molecule has 0 spiro atoms. The molecule has 0 heterocycles. The van der Waals surface area contributed by atoms with E-state index in [1.54, 1.807) is 0 Å². The summed E-state index contributed by atoms with van der Waals surface area (Å²) in [6.45, 7) is 4.38. The van der Waals surface area contributed by atoms with Crippen LogP contribution in [0.25, 0.3) is 5.57 Å². The highest BCUT2D eigenvalue weighted by Crippen LogP contribution is 2.37. The van der Waals surface area contributed by atoms with Gasteiger partial charge in [-0.25, -0.2) is 0 Å². The molecule has 2 aromatic carbocycles. The molecule has 0 saturated carbocycles. The lowest BCUT2D eigenvalue weighted by Crippen LogP contribution is -2.04. The summed E-state index contributed by atoms with van der Waals surface area (Å²) < 4.78 is 0. The summed E-state index contributed by atoms with van der Waals surface area (Å²) in [7, 11) is 0. The fraction of sp³-hybridized carbons (Fsp3) is 0.0952. The summed E-state index contributed by atoms with van der Waals surface area (Å²) in [5.74, 6) is 1.32. The fourth-order valence-electron chi connectivity index (χ4n) is 2.87. The Balaban J connectivity index is 2.27. The molecule has 0 amide bonds. The predicted octanol–water partition coefficient (Wildman–Crippen LogP) is 5.60. The van der Waals surface area contributed by atoms with Crippen LogP contribution in [0, 0.1) is 5.92 Å². The quantitative estimate of drug-likeness (QED) is 0.624. The van der Waals surface area contributed by atoms with Crippen molar-refractivity contribution in [3.63, 3.8) is 0 Å². The van der Waals surface area contributed by atoms with Gasteiger partial charge >= 0.3 is 0 Å². The van der Waals surface area contributed by atoms with Crippen LogP contribution >= 0.6 is 0 Å². The van der Waals surface area contributed by atoms with Crippen molar-refractivity contribution in [2.24, 2.45) is 0 Å². The Morgan fingerprint density at radius 1 is 0.810 bits per heavy atom. The molecule has 1 aliphatic carbocycles. The minimum atomic E-state index is 1.26. The van der Waals surface area contributed by atoms with E-state index in [0.29, 0.717) is 0 Å². The van der Waals surface area contributed by atoms with Gasteiger partial charge in [0, 0.05) is 40.8 Å². The van der Waals surface area contributed by atoms with Gasteiger partial charge < -0.3 is 0 Å². The Hall–Kier alpha value is -2.47. The van der Waals surface area contributed by atoms with Gasteiger partial charge in [0.15, 0.2) is 0 Å². The van der Waals surface area contributed by atoms with E-state index < -0.39 is 0 Å². The lowest BCUT2D eigenvalue weighted by Gasteiger charge is -2.15. The molecule has 21 heavy (non-hydrogen) atoms. The zero-order chi connectivity index (χ0) is 14.7. The van der Waals surface area contributed by atoms with Gasteiger partial charge in [-0.2, -0.15) is 0 Å². The first-order valence-corrected chi connectivity index (χ1v) is 7.32. The zero-order valence-corrected chi connectivity index (χ0v) is 12.5. The van der Waals surface area contributed by atoms with Gasteiger partial charge in [-0.1, -0.05) is 36.4 Å². The second kappa shape index (κ2) is 5.88. The summed E-state index contributed by atoms with van der Waals surface area (Å²) in [5.41, 5.74) is 6.50. The largest absolute Gasteiger partial charge is 0.110 e. The highest BCUT2D eigenvalue weighted by Gasteiger charge is 2.26. The maximum Gasteiger partial charge on any atom is 0.110 e. The van der Waals surface area contributed by atoms with Crippen molar-refractivity contribution in [1.82, 2.24) is 0 Å². The Labute approximate surface area is 127 Å². The topological polar surface area (TPSA) is 0 Å². The molecule has 1 aliphatic rings. The van der Waals surface area contributed by atoms with E-state index in [1.165, 1.54) is 33.8 Å². The van der Waals surface area contributed by atoms with Gasteiger partial charge in [0.2, 0.25) is 0 Å². The molecule has 3 rings (SSSR count). The fourth-order valence-corrected chi connectivity index (χ4v) is 2.87. The second-order valence-corrected chi connectivity index (χ2v) is 5.37. The van der Waals surface area contributed by atoms with Gasteiger partial charge in [-0.05, 0) is 38.1 Å². The van der Waals surface area contributed by atoms with Gasteiger partial charge in [0.1, 0.15) is 5.57 Å². The number of allylic oxidation sites excluding steroid dienone is 5. The van der Waals surface area contributed by atoms with E-state index in [-0.39, 0.29) is 0 Å². The zero-order valence-electron chi connectivity index (χ0n) is 12.5. The van der Waals surface area contributed by atoms with Crippen LogP contribution < -0.4 is 0 Å². The number of hydrogen-bond donors (Lipinski definition) is 0. The minimum absolute atomic E-state index is 1.26. The molecule has 0 nitrogen and oxygen atoms in total. The van der Waals surface area contributed by atoms with Gasteiger partial charge in [-0.15, -0.1) is 0 Å². The van der Waals surface area contributed by atoms with E-state index in [2.05, 4.69) is 92.7 Å². The first-order valence-electron chi connectivity index (χ1n) is 7.32. The average molecular weight is 271 g/mol. The average Bonchev–Trinajstić information content (AvgIpc) is 2.53.